The first-order valence-corrected chi connectivity index (χ1v) is 16.4. The van der Waals surface area contributed by atoms with Crippen molar-refractivity contribution in [1.29, 1.82) is 0 Å². The highest BCUT2D eigenvalue weighted by Gasteiger charge is 2.54. The number of aryl methyl sites for hydroxylation is 1. The van der Waals surface area contributed by atoms with Crippen LogP contribution in [0, 0.1) is 0 Å². The van der Waals surface area contributed by atoms with Gasteiger partial charge in [-0.05, 0) is 41.7 Å². The molecule has 1 fully saturated rings. The van der Waals surface area contributed by atoms with E-state index in [0.717, 1.165) is 27.4 Å². The van der Waals surface area contributed by atoms with Crippen LogP contribution in [-0.2, 0) is 31.1 Å². The van der Waals surface area contributed by atoms with Gasteiger partial charge in [-0.1, -0.05) is 46.8 Å². The number of nitrogens with one attached hydrogen (secondary N) is 1. The van der Waals surface area contributed by atoms with E-state index in [1.807, 2.05) is 43.6 Å². The number of nitrogen functional groups attached to an aromatic ring is 2. The molecule has 15 nitrogen and oxygen atoms in total. The quantitative estimate of drug-likeness (QED) is 0.0480. The summed E-state index contributed by atoms with van der Waals surface area (Å²) in [7, 11) is 1.82. The number of fused-ring (bicyclic) bond motifs is 1. The van der Waals surface area contributed by atoms with Crippen LogP contribution in [0.2, 0.25) is 0 Å². The van der Waals surface area contributed by atoms with Crippen LogP contribution < -0.4 is 21.4 Å². The first kappa shape index (κ1) is 32.7. The second kappa shape index (κ2) is 13.0. The molecule has 2 aromatic heterocycles. The van der Waals surface area contributed by atoms with Gasteiger partial charge in [0.05, 0.1) is 17.5 Å². The van der Waals surface area contributed by atoms with E-state index in [-0.39, 0.29) is 32.9 Å². The molecule has 0 spiro atoms. The van der Waals surface area contributed by atoms with Crippen molar-refractivity contribution in [2.24, 2.45) is 12.2 Å². The monoisotopic (exact) mass is 685 g/mol. The second-order valence-corrected chi connectivity index (χ2v) is 13.7. The van der Waals surface area contributed by atoms with E-state index in [0.29, 0.717) is 16.5 Å². The lowest BCUT2D eigenvalue weighted by Gasteiger charge is -2.49. The normalized spacial score (nSPS) is 18.1. The molecule has 2 amide bonds. The summed E-state index contributed by atoms with van der Waals surface area (Å²) in [5.41, 5.74) is 11.9. The zero-order valence-corrected chi connectivity index (χ0v) is 27.1. The molecule has 0 radical (unpaired) electrons. The fourth-order valence-corrected chi connectivity index (χ4v) is 7.58. The Hall–Kier alpha value is -4.68. The molecule has 46 heavy (non-hydrogen) atoms. The lowest BCUT2D eigenvalue weighted by atomic mass is 10.0. The maximum Gasteiger partial charge on any atom is 0.361 e. The van der Waals surface area contributed by atoms with Gasteiger partial charge in [-0.25, -0.2) is 19.1 Å². The molecular weight excluding hydrogens is 657 g/mol. The number of carboxylic acids is 2. The largest absolute Gasteiger partial charge is 0.478 e. The van der Waals surface area contributed by atoms with E-state index in [9.17, 15) is 29.4 Å². The standard InChI is InChI=1S/C28H28N8O7S3/c1-28(2,25(41)42)43-34-17(16-9-31-26(30)46-16)21(37)32-18-22(38)36-19(24(39)40)14(11-44-23(18)36)12-45-27-33-20(29)15(10-35(27)3)13-7-5-4-6-8-13/h4-10,18,23,29H,11-12H2,1-3H3,(H5,30,31,32,34,37,39,40,41,42)/p+1. The molecule has 2 aliphatic heterocycles. The predicted molar refractivity (Wildman–Crippen MR) is 172 cm³/mol. The van der Waals surface area contributed by atoms with E-state index in [1.54, 1.807) is 4.57 Å². The minimum absolute atomic E-state index is 0.127. The summed E-state index contributed by atoms with van der Waals surface area (Å²) in [5, 5.41) is 25.8. The third-order valence-corrected chi connectivity index (χ3v) is 10.3. The van der Waals surface area contributed by atoms with E-state index >= 15 is 0 Å². The molecule has 0 bridgehead atoms. The van der Waals surface area contributed by atoms with E-state index in [1.165, 1.54) is 43.6 Å². The van der Waals surface area contributed by atoms with Gasteiger partial charge in [0.25, 0.3) is 17.6 Å². The van der Waals surface area contributed by atoms with Crippen LogP contribution in [0.1, 0.15) is 18.7 Å². The summed E-state index contributed by atoms with van der Waals surface area (Å²) in [6.45, 7) is 2.50. The molecule has 2 unspecified atom stereocenters. The number of β-lactam (4-membered cyclic amide) rings is 1. The van der Waals surface area contributed by atoms with E-state index < -0.39 is 40.8 Å². The molecule has 1 aromatic carbocycles. The number of rotatable bonds is 11. The third kappa shape index (κ3) is 6.49. The van der Waals surface area contributed by atoms with Gasteiger partial charge in [-0.3, -0.25) is 14.5 Å². The Morgan fingerprint density at radius 2 is 1.96 bits per heavy atom. The van der Waals surface area contributed by atoms with Gasteiger partial charge in [0.15, 0.2) is 10.8 Å². The maximum absolute atomic E-state index is 13.3. The molecule has 0 saturated carbocycles. The number of carbonyl (C=O) groups is 4. The van der Waals surface area contributed by atoms with Crippen LogP contribution >= 0.6 is 34.9 Å². The number of thioether (sulfide) groups is 2. The Kier molecular flexibility index (Phi) is 9.22. The lowest BCUT2D eigenvalue weighted by Crippen LogP contribution is -2.71. The summed E-state index contributed by atoms with van der Waals surface area (Å²) in [5.74, 6) is -3.23. The molecule has 18 heteroatoms. The number of hydrogen-bond acceptors (Lipinski definition) is 13. The molecular formula is C28H29N8O7S3+. The number of nitrogens with two attached hydrogens (primary N) is 2. The Morgan fingerprint density at radius 1 is 1.24 bits per heavy atom. The molecule has 2 aliphatic rings. The first-order valence-electron chi connectivity index (χ1n) is 13.5. The van der Waals surface area contributed by atoms with Gasteiger partial charge in [0.2, 0.25) is 5.60 Å². The van der Waals surface area contributed by atoms with Crippen LogP contribution in [0.4, 0.5) is 10.9 Å². The smallest absolute Gasteiger partial charge is 0.361 e. The number of carbonyl (C=O) groups excluding carboxylic acids is 2. The van der Waals surface area contributed by atoms with Gasteiger partial charge in [0.1, 0.15) is 23.3 Å². The minimum atomic E-state index is -1.76. The minimum Gasteiger partial charge on any atom is -0.478 e. The number of aliphatic carboxylic acids is 2. The Balaban J connectivity index is 1.32. The molecule has 4 heterocycles. The molecule has 240 valence electrons. The lowest BCUT2D eigenvalue weighted by molar-refractivity contribution is -0.712. The highest BCUT2D eigenvalue weighted by Crippen LogP contribution is 2.41. The van der Waals surface area contributed by atoms with Crippen molar-refractivity contribution in [3.05, 3.63) is 58.9 Å². The molecule has 7 N–H and O–H groups in total. The topological polar surface area (TPSA) is 227 Å². The number of carboxylic acid groups (broad SMARTS) is 2. The molecule has 5 rings (SSSR count). The second-order valence-electron chi connectivity index (χ2n) is 10.6. The first-order chi connectivity index (χ1) is 21.8. The Labute approximate surface area is 274 Å². The van der Waals surface area contributed by atoms with Crippen molar-refractivity contribution in [2.45, 2.75) is 36.0 Å². The average Bonchev–Trinajstić information content (AvgIpc) is 3.45. The molecule has 3 aromatic rings. The van der Waals surface area contributed by atoms with E-state index in [4.69, 9.17) is 16.3 Å². The van der Waals surface area contributed by atoms with Gasteiger partial charge in [-0.2, -0.15) is 0 Å². The van der Waals surface area contributed by atoms with Crippen molar-refractivity contribution in [3.63, 3.8) is 0 Å². The van der Waals surface area contributed by atoms with Crippen molar-refractivity contribution in [1.82, 2.24) is 20.2 Å². The van der Waals surface area contributed by atoms with Crippen LogP contribution in [0.15, 0.2) is 64.3 Å². The Morgan fingerprint density at radius 3 is 2.59 bits per heavy atom. The highest BCUT2D eigenvalue weighted by molar-refractivity contribution is 8.01. The Bertz CT molecular complexity index is 1790. The van der Waals surface area contributed by atoms with Gasteiger partial charge < -0.3 is 31.8 Å². The summed E-state index contributed by atoms with van der Waals surface area (Å²) < 4.78 is 1.81. The predicted octanol–water partition coefficient (Wildman–Crippen LogP) is 1.31. The molecule has 1 saturated heterocycles. The summed E-state index contributed by atoms with van der Waals surface area (Å²) in [6.07, 6.45) is 3.13. The fraction of sp³-hybridized carbons (Fsp3) is 0.286. The van der Waals surface area contributed by atoms with Crippen LogP contribution in [0.5, 0.6) is 0 Å². The summed E-state index contributed by atoms with van der Waals surface area (Å²) in [6, 6.07) is 8.49. The molecule has 2 atom stereocenters. The van der Waals surface area contributed by atoms with Crippen LogP contribution in [0.3, 0.4) is 0 Å². The number of amides is 2. The number of benzene rings is 1. The van der Waals surface area contributed by atoms with Crippen molar-refractivity contribution in [2.75, 3.05) is 23.0 Å². The summed E-state index contributed by atoms with van der Waals surface area (Å²) in [4.78, 5) is 65.4. The van der Waals surface area contributed by atoms with Gasteiger partial charge in [0, 0.05) is 17.7 Å². The van der Waals surface area contributed by atoms with Crippen molar-refractivity contribution in [3.8, 4) is 11.1 Å². The average molecular weight is 686 g/mol. The third-order valence-electron chi connectivity index (χ3n) is 6.97. The number of nitrogens with zero attached hydrogens (tertiary/aromatic N) is 5. The maximum atomic E-state index is 13.3. The number of anilines is 2. The summed E-state index contributed by atoms with van der Waals surface area (Å²) >= 11 is 3.50. The van der Waals surface area contributed by atoms with Crippen LogP contribution in [0.25, 0.3) is 11.1 Å². The number of aromatic nitrogens is 3. The van der Waals surface area contributed by atoms with E-state index in [2.05, 4.69) is 20.4 Å². The molecule has 0 aliphatic carbocycles. The van der Waals surface area contributed by atoms with Gasteiger partial charge >= 0.3 is 17.1 Å². The number of thiazole rings is 1. The van der Waals surface area contributed by atoms with Crippen molar-refractivity contribution >= 4 is 75.3 Å². The highest BCUT2D eigenvalue weighted by atomic mass is 32.2. The van der Waals surface area contributed by atoms with Crippen LogP contribution in [-0.4, -0.2) is 83.1 Å². The SMILES string of the molecule is C[n+]1cc(-c2ccccc2)c(N)nc1SCC1=C(C(=O)O)N2C(=O)C(NC(=O)/C(=N\OC(C)(C)C(=O)O)c3cnc(N)s3)C2SC1. The van der Waals surface area contributed by atoms with Gasteiger partial charge in [-0.15, -0.1) is 11.8 Å². The zero-order valence-electron chi connectivity index (χ0n) is 24.7. The number of hydrogen-bond donors (Lipinski definition) is 5. The zero-order chi connectivity index (χ0) is 33.3. The fourth-order valence-electron chi connectivity index (χ4n) is 4.48. The van der Waals surface area contributed by atoms with Crippen molar-refractivity contribution < 1.29 is 38.8 Å². The number of oxime groups is 1.